The first-order valence-corrected chi connectivity index (χ1v) is 3.50. The normalized spacial score (nSPS) is 9.75. The van der Waals surface area contributed by atoms with E-state index in [1.807, 2.05) is 0 Å². The Bertz CT molecular complexity index is 314. The summed E-state index contributed by atoms with van der Waals surface area (Å²) in [7, 11) is 0. The van der Waals surface area contributed by atoms with Crippen LogP contribution in [0.1, 0.15) is 21.7 Å². The third kappa shape index (κ3) is 1.53. The molecule has 0 aliphatic rings. The van der Waals surface area contributed by atoms with Crippen LogP contribution in [0.25, 0.3) is 0 Å². The van der Waals surface area contributed by atoms with Gasteiger partial charge in [0.15, 0.2) is 0 Å². The highest BCUT2D eigenvalue weighted by Gasteiger charge is 2.08. The molecule has 0 bridgehead atoms. The van der Waals surface area contributed by atoms with Crippen molar-refractivity contribution in [1.29, 1.82) is 0 Å². The van der Waals surface area contributed by atoms with Gasteiger partial charge in [-0.2, -0.15) is 0 Å². The fourth-order valence-corrected chi connectivity index (χ4v) is 1.01. The second-order valence-electron chi connectivity index (χ2n) is 2.52. The van der Waals surface area contributed by atoms with Crippen molar-refractivity contribution in [2.75, 3.05) is 0 Å². The highest BCUT2D eigenvalue weighted by Crippen LogP contribution is 2.09. The average Bonchev–Trinajstić information content (AvgIpc) is 2.34. The predicted octanol–water partition coefficient (Wildman–Crippen LogP) is 0.763. The van der Waals surface area contributed by atoms with Crippen LogP contribution in [0.4, 0.5) is 0 Å². The zero-order valence-corrected chi connectivity index (χ0v) is 6.63. The lowest BCUT2D eigenvalue weighted by molar-refractivity contribution is -0.107. The third-order valence-corrected chi connectivity index (χ3v) is 1.64. The number of nitrogens with one attached hydrogen (secondary N) is 1. The van der Waals surface area contributed by atoms with Gasteiger partial charge in [0.25, 0.3) is 0 Å². The monoisotopic (exact) mass is 167 g/mol. The van der Waals surface area contributed by atoms with Gasteiger partial charge in [-0.1, -0.05) is 0 Å². The smallest absolute Gasteiger partial charge is 0.352 e. The SMILES string of the molecule is Cc1cc(C(=O)O)[nH]c1CC=O. The molecule has 1 aromatic rings. The Labute approximate surface area is 69.2 Å². The molecular formula is C8H9NO3. The van der Waals surface area contributed by atoms with Crippen LogP contribution < -0.4 is 0 Å². The van der Waals surface area contributed by atoms with Crippen LogP contribution in [0, 0.1) is 6.92 Å². The molecule has 0 aliphatic heterocycles. The summed E-state index contributed by atoms with van der Waals surface area (Å²) in [6, 6.07) is 1.52. The van der Waals surface area contributed by atoms with Gasteiger partial charge in [0.05, 0.1) is 0 Å². The Balaban J connectivity index is 2.99. The Kier molecular flexibility index (Phi) is 2.28. The molecular weight excluding hydrogens is 158 g/mol. The molecule has 1 aromatic heterocycles. The largest absolute Gasteiger partial charge is 0.477 e. The number of H-pyrrole nitrogens is 1. The Morgan fingerprint density at radius 2 is 2.42 bits per heavy atom. The van der Waals surface area contributed by atoms with Gasteiger partial charge in [0, 0.05) is 12.1 Å². The number of aromatic amines is 1. The van der Waals surface area contributed by atoms with Crippen molar-refractivity contribution in [1.82, 2.24) is 4.98 Å². The number of carbonyl (C=O) groups is 2. The molecule has 0 saturated carbocycles. The van der Waals surface area contributed by atoms with E-state index >= 15 is 0 Å². The van der Waals surface area contributed by atoms with E-state index in [0.29, 0.717) is 5.69 Å². The molecule has 0 aliphatic carbocycles. The fraction of sp³-hybridized carbons (Fsp3) is 0.250. The molecule has 1 rings (SSSR count). The molecule has 0 spiro atoms. The topological polar surface area (TPSA) is 70.2 Å². The number of hydrogen-bond acceptors (Lipinski definition) is 2. The van der Waals surface area contributed by atoms with Crippen molar-refractivity contribution in [3.05, 3.63) is 23.0 Å². The molecule has 0 saturated heterocycles. The number of rotatable bonds is 3. The van der Waals surface area contributed by atoms with Gasteiger partial charge in [-0.05, 0) is 18.6 Å². The van der Waals surface area contributed by atoms with Crippen molar-refractivity contribution in [2.24, 2.45) is 0 Å². The van der Waals surface area contributed by atoms with Crippen molar-refractivity contribution in [3.63, 3.8) is 0 Å². The summed E-state index contributed by atoms with van der Waals surface area (Å²) >= 11 is 0. The van der Waals surface area contributed by atoms with Crippen LogP contribution in [0.15, 0.2) is 6.07 Å². The first kappa shape index (κ1) is 8.52. The highest BCUT2D eigenvalue weighted by molar-refractivity contribution is 5.86. The van der Waals surface area contributed by atoms with E-state index in [9.17, 15) is 9.59 Å². The molecule has 0 aromatic carbocycles. The summed E-state index contributed by atoms with van der Waals surface area (Å²) in [6.07, 6.45) is 0.976. The molecule has 4 nitrogen and oxygen atoms in total. The van der Waals surface area contributed by atoms with Gasteiger partial charge < -0.3 is 14.9 Å². The lowest BCUT2D eigenvalue weighted by atomic mass is 10.2. The van der Waals surface area contributed by atoms with E-state index in [1.165, 1.54) is 6.07 Å². The second-order valence-corrected chi connectivity index (χ2v) is 2.52. The summed E-state index contributed by atoms with van der Waals surface area (Å²) in [5.74, 6) is -1.00. The van der Waals surface area contributed by atoms with Gasteiger partial charge in [-0.25, -0.2) is 4.79 Å². The van der Waals surface area contributed by atoms with Gasteiger partial charge >= 0.3 is 5.97 Å². The second kappa shape index (κ2) is 3.21. The van der Waals surface area contributed by atoms with Gasteiger partial charge in [0.1, 0.15) is 12.0 Å². The van der Waals surface area contributed by atoms with Crippen LogP contribution in [0.3, 0.4) is 0 Å². The van der Waals surface area contributed by atoms with Crippen LogP contribution in [0.5, 0.6) is 0 Å². The number of hydrogen-bond donors (Lipinski definition) is 2. The molecule has 0 amide bonds. The number of carbonyl (C=O) groups excluding carboxylic acids is 1. The third-order valence-electron chi connectivity index (χ3n) is 1.64. The van der Waals surface area contributed by atoms with Gasteiger partial charge in [-0.15, -0.1) is 0 Å². The minimum absolute atomic E-state index is 0.129. The minimum Gasteiger partial charge on any atom is -0.477 e. The van der Waals surface area contributed by atoms with Crippen molar-refractivity contribution in [2.45, 2.75) is 13.3 Å². The lowest BCUT2D eigenvalue weighted by Gasteiger charge is -1.89. The number of aryl methyl sites for hydroxylation is 1. The molecule has 0 atom stereocenters. The highest BCUT2D eigenvalue weighted by atomic mass is 16.4. The number of carboxylic acids is 1. The van der Waals surface area contributed by atoms with E-state index in [4.69, 9.17) is 5.11 Å². The number of carboxylic acid groups (broad SMARTS) is 1. The first-order valence-electron chi connectivity index (χ1n) is 3.50. The molecule has 12 heavy (non-hydrogen) atoms. The summed E-state index contributed by atoms with van der Waals surface area (Å²) in [4.78, 5) is 23.2. The lowest BCUT2D eigenvalue weighted by Crippen LogP contribution is -1.96. The van der Waals surface area contributed by atoms with E-state index < -0.39 is 5.97 Å². The number of aromatic carboxylic acids is 1. The number of aldehydes is 1. The maximum absolute atomic E-state index is 10.5. The minimum atomic E-state index is -1.00. The van der Waals surface area contributed by atoms with Crippen LogP contribution >= 0.6 is 0 Å². The molecule has 0 unspecified atom stereocenters. The molecule has 64 valence electrons. The summed E-state index contributed by atoms with van der Waals surface area (Å²) in [5.41, 5.74) is 1.60. The fourth-order valence-electron chi connectivity index (χ4n) is 1.01. The zero-order valence-electron chi connectivity index (χ0n) is 6.63. The van der Waals surface area contributed by atoms with Crippen LogP contribution in [0.2, 0.25) is 0 Å². The van der Waals surface area contributed by atoms with Gasteiger partial charge in [0.2, 0.25) is 0 Å². The standard InChI is InChI=1S/C8H9NO3/c1-5-4-7(8(11)12)9-6(5)2-3-10/h3-4,9H,2H2,1H3,(H,11,12). The zero-order chi connectivity index (χ0) is 9.14. The van der Waals surface area contributed by atoms with Crippen LogP contribution in [-0.4, -0.2) is 22.3 Å². The van der Waals surface area contributed by atoms with E-state index in [1.54, 1.807) is 6.92 Å². The maximum atomic E-state index is 10.5. The predicted molar refractivity (Wildman–Crippen MR) is 42.3 cm³/mol. The Morgan fingerprint density at radius 3 is 2.83 bits per heavy atom. The van der Waals surface area contributed by atoms with Crippen LogP contribution in [-0.2, 0) is 11.2 Å². The molecule has 1 heterocycles. The Morgan fingerprint density at radius 1 is 1.75 bits per heavy atom. The Hall–Kier alpha value is -1.58. The summed E-state index contributed by atoms with van der Waals surface area (Å²) < 4.78 is 0. The molecule has 0 fully saturated rings. The quantitative estimate of drug-likeness (QED) is 0.653. The van der Waals surface area contributed by atoms with Crippen molar-refractivity contribution in [3.8, 4) is 0 Å². The molecule has 2 N–H and O–H groups in total. The molecule has 4 heteroatoms. The van der Waals surface area contributed by atoms with Gasteiger partial charge in [-0.3, -0.25) is 0 Å². The summed E-state index contributed by atoms with van der Waals surface area (Å²) in [5, 5.41) is 8.57. The van der Waals surface area contributed by atoms with E-state index in [2.05, 4.69) is 4.98 Å². The molecule has 0 radical (unpaired) electrons. The average molecular weight is 167 g/mol. The van der Waals surface area contributed by atoms with Crippen molar-refractivity contribution < 1.29 is 14.7 Å². The van der Waals surface area contributed by atoms with Crippen molar-refractivity contribution >= 4 is 12.3 Å². The number of aromatic nitrogens is 1. The first-order chi connectivity index (χ1) is 5.65. The maximum Gasteiger partial charge on any atom is 0.352 e. The van der Waals surface area contributed by atoms with E-state index in [-0.39, 0.29) is 12.1 Å². The summed E-state index contributed by atoms with van der Waals surface area (Å²) in [6.45, 7) is 1.77. The van der Waals surface area contributed by atoms with E-state index in [0.717, 1.165) is 11.8 Å².